The van der Waals surface area contributed by atoms with E-state index in [-0.39, 0.29) is 37.2 Å². The summed E-state index contributed by atoms with van der Waals surface area (Å²) in [5.74, 6) is -1.86. The van der Waals surface area contributed by atoms with E-state index in [1.165, 1.54) is 12.1 Å². The van der Waals surface area contributed by atoms with Crippen LogP contribution in [0.5, 0.6) is 0 Å². The highest BCUT2D eigenvalue weighted by Gasteiger charge is 2.21. The highest BCUT2D eigenvalue weighted by atomic mass is 35.5. The fourth-order valence-corrected chi connectivity index (χ4v) is 4.16. The summed E-state index contributed by atoms with van der Waals surface area (Å²) in [6, 6.07) is 8.62. The molecule has 0 saturated carbocycles. The largest absolute Gasteiger partial charge is 0.354 e. The molecule has 0 aliphatic carbocycles. The number of carbonyl (C=O) groups excluding carboxylic acids is 3. The minimum Gasteiger partial charge on any atom is -0.354 e. The number of rotatable bonds is 15. The van der Waals surface area contributed by atoms with E-state index < -0.39 is 29.6 Å². The minimum atomic E-state index is -0.709. The number of nitrogens with zero attached hydrogens (tertiary/aromatic N) is 1. The van der Waals surface area contributed by atoms with Crippen molar-refractivity contribution in [3.05, 3.63) is 70.8 Å². The average molecular weight is 581 g/mol. The molecule has 7 nitrogen and oxygen atoms in total. The summed E-state index contributed by atoms with van der Waals surface area (Å²) in [5, 5.41) is 8.87. The van der Waals surface area contributed by atoms with Crippen molar-refractivity contribution in [2.24, 2.45) is 5.92 Å². The summed E-state index contributed by atoms with van der Waals surface area (Å²) in [7, 11) is 0. The first-order valence-corrected chi connectivity index (χ1v) is 13.7. The summed E-state index contributed by atoms with van der Waals surface area (Å²) in [6.07, 6.45) is 1.79. The molecule has 0 spiro atoms. The van der Waals surface area contributed by atoms with Crippen molar-refractivity contribution in [2.45, 2.75) is 66.0 Å². The molecule has 0 fully saturated rings. The molecule has 0 aliphatic rings. The van der Waals surface area contributed by atoms with E-state index in [0.717, 1.165) is 18.9 Å². The predicted octanol–water partition coefficient (Wildman–Crippen LogP) is 4.74. The lowest BCUT2D eigenvalue weighted by atomic mass is 10.0. The van der Waals surface area contributed by atoms with Crippen LogP contribution in [0.25, 0.3) is 0 Å². The summed E-state index contributed by atoms with van der Waals surface area (Å²) >= 11 is 0. The second-order valence-electron chi connectivity index (χ2n) is 10.3. The number of nitrogens with one attached hydrogen (secondary N) is 3. The fraction of sp³-hybridized carbons (Fsp3) is 0.500. The Morgan fingerprint density at radius 3 is 2.05 bits per heavy atom. The lowest BCUT2D eigenvalue weighted by Crippen LogP contribution is -2.50. The van der Waals surface area contributed by atoms with Gasteiger partial charge in [-0.15, -0.1) is 12.4 Å². The van der Waals surface area contributed by atoms with Gasteiger partial charge in [-0.3, -0.25) is 14.4 Å². The van der Waals surface area contributed by atoms with Crippen LogP contribution in [-0.4, -0.2) is 60.9 Å². The zero-order valence-corrected chi connectivity index (χ0v) is 24.9. The van der Waals surface area contributed by atoms with E-state index >= 15 is 0 Å². The third kappa shape index (κ3) is 11.6. The summed E-state index contributed by atoms with van der Waals surface area (Å²) in [5.41, 5.74) is 1.09. The third-order valence-corrected chi connectivity index (χ3v) is 6.13. The number of carbonyl (C=O) groups is 3. The topological polar surface area (TPSA) is 90.5 Å². The zero-order chi connectivity index (χ0) is 28.9. The van der Waals surface area contributed by atoms with Gasteiger partial charge in [-0.25, -0.2) is 8.78 Å². The standard InChI is InChI=1S/C30H42F2N4O3.ClH/c1-6-11-36(12-7-2)30(39)24-10-8-9-23(16-24)29(38)35-27(15-22-13-25(31)17-26(32)14-22)19-33-21(5)28(37)34-18-20(3)4;/h8-10,13-14,16-17,20-21,27,33H,6-7,11-12,15,18-19H2,1-5H3,(H,34,37)(H,35,38);1H/t21-,27-;/m0./s1. The smallest absolute Gasteiger partial charge is 0.253 e. The third-order valence-electron chi connectivity index (χ3n) is 6.13. The van der Waals surface area contributed by atoms with Crippen molar-refractivity contribution in [3.63, 3.8) is 0 Å². The molecule has 0 aliphatic heterocycles. The Labute approximate surface area is 242 Å². The molecule has 0 bridgehead atoms. The van der Waals surface area contributed by atoms with E-state index in [0.29, 0.717) is 42.2 Å². The molecule has 0 radical (unpaired) electrons. The minimum absolute atomic E-state index is 0. The van der Waals surface area contributed by atoms with Crippen LogP contribution in [0.3, 0.4) is 0 Å². The monoisotopic (exact) mass is 580 g/mol. The van der Waals surface area contributed by atoms with E-state index in [9.17, 15) is 23.2 Å². The summed E-state index contributed by atoms with van der Waals surface area (Å²) < 4.78 is 27.7. The van der Waals surface area contributed by atoms with Gasteiger partial charge >= 0.3 is 0 Å². The number of hydrogen-bond acceptors (Lipinski definition) is 4. The maximum absolute atomic E-state index is 13.8. The van der Waals surface area contributed by atoms with Crippen LogP contribution in [-0.2, 0) is 11.2 Å². The molecule has 10 heteroatoms. The Hall–Kier alpha value is -3.04. The van der Waals surface area contributed by atoms with Gasteiger partial charge in [0.15, 0.2) is 0 Å². The van der Waals surface area contributed by atoms with Gasteiger partial charge in [-0.2, -0.15) is 0 Å². The summed E-state index contributed by atoms with van der Waals surface area (Å²) in [4.78, 5) is 40.5. The van der Waals surface area contributed by atoms with E-state index in [1.54, 1.807) is 36.1 Å². The maximum Gasteiger partial charge on any atom is 0.253 e. The molecule has 222 valence electrons. The Morgan fingerprint density at radius 1 is 0.875 bits per heavy atom. The van der Waals surface area contributed by atoms with Gasteiger partial charge in [0.25, 0.3) is 11.8 Å². The van der Waals surface area contributed by atoms with Gasteiger partial charge in [0.1, 0.15) is 11.6 Å². The molecule has 0 unspecified atom stereocenters. The molecule has 2 aromatic rings. The van der Waals surface area contributed by atoms with Crippen molar-refractivity contribution in [1.29, 1.82) is 0 Å². The van der Waals surface area contributed by atoms with Crippen LogP contribution in [0.15, 0.2) is 42.5 Å². The quantitative estimate of drug-likeness (QED) is 0.284. The van der Waals surface area contributed by atoms with E-state index in [2.05, 4.69) is 16.0 Å². The average Bonchev–Trinajstić information content (AvgIpc) is 2.89. The van der Waals surface area contributed by atoms with Gasteiger partial charge in [-0.1, -0.05) is 33.8 Å². The predicted molar refractivity (Wildman–Crippen MR) is 157 cm³/mol. The number of amides is 3. The molecule has 2 atom stereocenters. The lowest BCUT2D eigenvalue weighted by molar-refractivity contribution is -0.122. The molecular weight excluding hydrogens is 538 g/mol. The van der Waals surface area contributed by atoms with Crippen LogP contribution in [0.4, 0.5) is 8.78 Å². The second-order valence-corrected chi connectivity index (χ2v) is 10.3. The van der Waals surface area contributed by atoms with Gasteiger partial charge in [0.2, 0.25) is 5.91 Å². The molecular formula is C30H43ClF2N4O3. The highest BCUT2D eigenvalue weighted by molar-refractivity contribution is 5.99. The Morgan fingerprint density at radius 2 is 1.48 bits per heavy atom. The van der Waals surface area contributed by atoms with Crippen molar-refractivity contribution in [3.8, 4) is 0 Å². The molecule has 3 amide bonds. The van der Waals surface area contributed by atoms with Crippen molar-refractivity contribution in [1.82, 2.24) is 20.9 Å². The van der Waals surface area contributed by atoms with Crippen molar-refractivity contribution >= 4 is 30.1 Å². The van der Waals surface area contributed by atoms with Crippen LogP contribution in [0.2, 0.25) is 0 Å². The van der Waals surface area contributed by atoms with Gasteiger partial charge < -0.3 is 20.9 Å². The molecule has 3 N–H and O–H groups in total. The van der Waals surface area contributed by atoms with Gasteiger partial charge in [-0.05, 0) is 68.0 Å². The number of halogens is 3. The number of benzene rings is 2. The van der Waals surface area contributed by atoms with Crippen molar-refractivity contribution < 1.29 is 23.2 Å². The Kier molecular flexibility index (Phi) is 15.4. The SMILES string of the molecule is CCCN(CCC)C(=O)c1cccc(C(=O)N[C@H](CN[C@@H](C)C(=O)NCC(C)C)Cc2cc(F)cc(F)c2)c1.Cl. The van der Waals surface area contributed by atoms with E-state index in [1.807, 2.05) is 27.7 Å². The molecule has 2 aromatic carbocycles. The molecule has 40 heavy (non-hydrogen) atoms. The first-order chi connectivity index (χ1) is 18.5. The molecule has 2 rings (SSSR count). The normalized spacial score (nSPS) is 12.3. The fourth-order valence-electron chi connectivity index (χ4n) is 4.16. The van der Waals surface area contributed by atoms with Crippen molar-refractivity contribution in [2.75, 3.05) is 26.2 Å². The molecule has 0 saturated heterocycles. The Balaban J connectivity index is 0.00000800. The molecule has 0 heterocycles. The first kappa shape index (κ1) is 35.0. The van der Waals surface area contributed by atoms with Crippen LogP contribution < -0.4 is 16.0 Å². The Bertz CT molecular complexity index is 1090. The first-order valence-electron chi connectivity index (χ1n) is 13.7. The zero-order valence-electron chi connectivity index (χ0n) is 24.1. The highest BCUT2D eigenvalue weighted by Crippen LogP contribution is 2.13. The van der Waals surface area contributed by atoms with Crippen LogP contribution in [0.1, 0.15) is 73.7 Å². The number of hydrogen-bond donors (Lipinski definition) is 3. The lowest BCUT2D eigenvalue weighted by Gasteiger charge is -2.23. The van der Waals surface area contributed by atoms with Crippen LogP contribution >= 0.6 is 12.4 Å². The van der Waals surface area contributed by atoms with Gasteiger partial charge in [0.05, 0.1) is 6.04 Å². The maximum atomic E-state index is 13.8. The molecule has 0 aromatic heterocycles. The van der Waals surface area contributed by atoms with Crippen LogP contribution in [0, 0.1) is 17.6 Å². The van der Waals surface area contributed by atoms with Gasteiger partial charge in [0, 0.05) is 49.4 Å². The second kappa shape index (κ2) is 17.6. The van der Waals surface area contributed by atoms with E-state index in [4.69, 9.17) is 0 Å². The summed E-state index contributed by atoms with van der Waals surface area (Å²) in [6.45, 7) is 11.7.